The van der Waals surface area contributed by atoms with Crippen molar-refractivity contribution in [2.75, 3.05) is 20.6 Å². The van der Waals surface area contributed by atoms with Crippen molar-refractivity contribution >= 4 is 16.6 Å². The van der Waals surface area contributed by atoms with E-state index in [0.717, 1.165) is 29.0 Å². The van der Waals surface area contributed by atoms with Gasteiger partial charge in [-0.25, -0.2) is 5.01 Å². The van der Waals surface area contributed by atoms with Crippen LogP contribution < -0.4 is 0 Å². The van der Waals surface area contributed by atoms with Crippen LogP contribution in [-0.4, -0.2) is 35.2 Å². The summed E-state index contributed by atoms with van der Waals surface area (Å²) in [6.45, 7) is 2.87. The third kappa shape index (κ3) is 2.00. The highest BCUT2D eigenvalue weighted by Gasteiger charge is 2.20. The number of benzene rings is 1. The van der Waals surface area contributed by atoms with Gasteiger partial charge in [0.05, 0.1) is 23.5 Å². The molecule has 0 radical (unpaired) electrons. The number of aryl methyl sites for hydroxylation is 1. The van der Waals surface area contributed by atoms with Crippen LogP contribution in [-0.2, 0) is 7.05 Å². The van der Waals surface area contributed by atoms with Crippen LogP contribution in [0.25, 0.3) is 10.9 Å². The van der Waals surface area contributed by atoms with E-state index in [4.69, 9.17) is 0 Å². The SMILES string of the molecule is CC1=C(N=Nc2cn(C)c3ccccc23)CN(C)N1C. The van der Waals surface area contributed by atoms with Gasteiger partial charge in [-0.2, -0.15) is 5.11 Å². The van der Waals surface area contributed by atoms with Crippen LogP contribution in [0.5, 0.6) is 0 Å². The van der Waals surface area contributed by atoms with E-state index in [9.17, 15) is 0 Å². The Bertz CT molecular complexity index is 710. The summed E-state index contributed by atoms with van der Waals surface area (Å²) in [5.41, 5.74) is 4.26. The van der Waals surface area contributed by atoms with Crippen molar-refractivity contribution in [1.29, 1.82) is 0 Å². The first kappa shape index (κ1) is 12.9. The summed E-state index contributed by atoms with van der Waals surface area (Å²) < 4.78 is 2.08. The highest BCUT2D eigenvalue weighted by molar-refractivity contribution is 5.91. The summed E-state index contributed by atoms with van der Waals surface area (Å²) in [6.07, 6.45) is 2.02. The molecule has 0 saturated carbocycles. The largest absolute Gasteiger partial charge is 0.348 e. The minimum Gasteiger partial charge on any atom is -0.348 e. The first-order valence-electron chi connectivity index (χ1n) is 6.68. The zero-order valence-electron chi connectivity index (χ0n) is 12.3. The van der Waals surface area contributed by atoms with Crippen molar-refractivity contribution in [1.82, 2.24) is 14.6 Å². The van der Waals surface area contributed by atoms with Gasteiger partial charge in [0.1, 0.15) is 5.69 Å². The lowest BCUT2D eigenvalue weighted by Crippen LogP contribution is -2.29. The van der Waals surface area contributed by atoms with Gasteiger partial charge in [0.25, 0.3) is 0 Å². The van der Waals surface area contributed by atoms with Crippen LogP contribution in [0.4, 0.5) is 5.69 Å². The molecular formula is C15H19N5. The predicted octanol–water partition coefficient (Wildman–Crippen LogP) is 3.29. The van der Waals surface area contributed by atoms with Crippen LogP contribution in [0.1, 0.15) is 6.92 Å². The molecule has 1 aliphatic heterocycles. The molecule has 20 heavy (non-hydrogen) atoms. The van der Waals surface area contributed by atoms with Crippen LogP contribution in [0.2, 0.25) is 0 Å². The maximum absolute atomic E-state index is 4.45. The molecule has 2 aromatic rings. The molecule has 0 aliphatic carbocycles. The zero-order chi connectivity index (χ0) is 14.3. The molecule has 0 bridgehead atoms. The monoisotopic (exact) mass is 269 g/mol. The lowest BCUT2D eigenvalue weighted by molar-refractivity contribution is 0.102. The Morgan fingerprint density at radius 2 is 1.80 bits per heavy atom. The number of para-hydroxylation sites is 1. The number of azo groups is 1. The van der Waals surface area contributed by atoms with E-state index >= 15 is 0 Å². The van der Waals surface area contributed by atoms with Crippen LogP contribution in [0.3, 0.4) is 0 Å². The number of nitrogens with zero attached hydrogens (tertiary/aromatic N) is 5. The van der Waals surface area contributed by atoms with Gasteiger partial charge in [-0.15, -0.1) is 5.11 Å². The van der Waals surface area contributed by atoms with Crippen molar-refractivity contribution in [3.63, 3.8) is 0 Å². The van der Waals surface area contributed by atoms with E-state index in [-0.39, 0.29) is 0 Å². The molecule has 0 spiro atoms. The second-order valence-electron chi connectivity index (χ2n) is 5.21. The Labute approximate surface area is 118 Å². The Morgan fingerprint density at radius 3 is 2.50 bits per heavy atom. The van der Waals surface area contributed by atoms with E-state index in [1.807, 2.05) is 39.5 Å². The molecule has 0 saturated heterocycles. The van der Waals surface area contributed by atoms with Gasteiger partial charge in [-0.1, -0.05) is 18.2 Å². The number of likely N-dealkylation sites (N-methyl/N-ethyl adjacent to an activating group) is 1. The fraction of sp³-hybridized carbons (Fsp3) is 0.333. The first-order valence-corrected chi connectivity index (χ1v) is 6.68. The second kappa shape index (κ2) is 4.76. The van der Waals surface area contributed by atoms with Crippen LogP contribution in [0, 0.1) is 0 Å². The van der Waals surface area contributed by atoms with E-state index < -0.39 is 0 Å². The summed E-state index contributed by atoms with van der Waals surface area (Å²) in [4.78, 5) is 0. The number of hydrogen-bond acceptors (Lipinski definition) is 4. The summed E-state index contributed by atoms with van der Waals surface area (Å²) in [6, 6.07) is 8.24. The topological polar surface area (TPSA) is 36.1 Å². The van der Waals surface area contributed by atoms with Crippen molar-refractivity contribution in [3.8, 4) is 0 Å². The average molecular weight is 269 g/mol. The van der Waals surface area contributed by atoms with Crippen molar-refractivity contribution < 1.29 is 0 Å². The van der Waals surface area contributed by atoms with Gasteiger partial charge in [0, 0.05) is 32.7 Å². The Kier molecular flexibility index (Phi) is 3.06. The molecular weight excluding hydrogens is 250 g/mol. The first-order chi connectivity index (χ1) is 9.58. The van der Waals surface area contributed by atoms with E-state index in [1.54, 1.807) is 0 Å². The second-order valence-corrected chi connectivity index (χ2v) is 5.21. The number of hydrazine groups is 1. The fourth-order valence-corrected chi connectivity index (χ4v) is 2.50. The van der Waals surface area contributed by atoms with Gasteiger partial charge in [-0.3, -0.25) is 0 Å². The average Bonchev–Trinajstić information content (AvgIpc) is 2.90. The standard InChI is InChI=1S/C15H19N5/c1-11-13(10-19(3)20(11)4)16-17-14-9-18(2)15-8-6-5-7-12(14)15/h5-9H,10H2,1-4H3. The van der Waals surface area contributed by atoms with Gasteiger partial charge in [0.2, 0.25) is 0 Å². The molecule has 5 heteroatoms. The smallest absolute Gasteiger partial charge is 0.111 e. The molecule has 104 valence electrons. The third-order valence-corrected chi connectivity index (χ3v) is 3.95. The maximum atomic E-state index is 4.45. The summed E-state index contributed by atoms with van der Waals surface area (Å²) in [7, 11) is 6.11. The third-order valence-electron chi connectivity index (χ3n) is 3.95. The zero-order valence-corrected chi connectivity index (χ0v) is 12.3. The molecule has 1 aromatic heterocycles. The van der Waals surface area contributed by atoms with Gasteiger partial charge < -0.3 is 9.58 Å². The van der Waals surface area contributed by atoms with Gasteiger partial charge in [-0.05, 0) is 13.0 Å². The number of hydrogen-bond donors (Lipinski definition) is 0. The Morgan fingerprint density at radius 1 is 1.05 bits per heavy atom. The summed E-state index contributed by atoms with van der Waals surface area (Å²) in [5, 5.41) is 14.2. The summed E-state index contributed by atoms with van der Waals surface area (Å²) >= 11 is 0. The van der Waals surface area contributed by atoms with E-state index in [2.05, 4.69) is 43.9 Å². The number of allylic oxidation sites excluding steroid dienone is 1. The van der Waals surface area contributed by atoms with Crippen molar-refractivity contribution in [2.45, 2.75) is 6.92 Å². The quantitative estimate of drug-likeness (QED) is 0.784. The Hall–Kier alpha value is -2.14. The van der Waals surface area contributed by atoms with Crippen molar-refractivity contribution in [2.24, 2.45) is 17.3 Å². The molecule has 0 fully saturated rings. The van der Waals surface area contributed by atoms with E-state index in [0.29, 0.717) is 0 Å². The van der Waals surface area contributed by atoms with Gasteiger partial charge >= 0.3 is 0 Å². The fourth-order valence-electron chi connectivity index (χ4n) is 2.50. The van der Waals surface area contributed by atoms with Crippen LogP contribution in [0.15, 0.2) is 52.1 Å². The molecule has 1 aromatic carbocycles. The minimum absolute atomic E-state index is 0.802. The molecule has 0 N–H and O–H groups in total. The highest BCUT2D eigenvalue weighted by atomic mass is 15.6. The van der Waals surface area contributed by atoms with Crippen molar-refractivity contribution in [3.05, 3.63) is 41.9 Å². The molecule has 0 unspecified atom stereocenters. The Balaban J connectivity index is 1.96. The van der Waals surface area contributed by atoms with E-state index in [1.165, 1.54) is 5.52 Å². The minimum atomic E-state index is 0.802. The molecule has 2 heterocycles. The number of fused-ring (bicyclic) bond motifs is 1. The molecule has 5 nitrogen and oxygen atoms in total. The van der Waals surface area contributed by atoms with Gasteiger partial charge in [0.15, 0.2) is 0 Å². The normalized spacial score (nSPS) is 17.1. The van der Waals surface area contributed by atoms with Crippen LogP contribution >= 0.6 is 0 Å². The predicted molar refractivity (Wildman–Crippen MR) is 80.5 cm³/mol. The highest BCUT2D eigenvalue weighted by Crippen LogP contribution is 2.29. The summed E-state index contributed by atoms with van der Waals surface area (Å²) in [5.74, 6) is 0. The molecule has 0 atom stereocenters. The maximum Gasteiger partial charge on any atom is 0.111 e. The molecule has 3 rings (SSSR count). The molecule has 0 amide bonds. The number of rotatable bonds is 2. The number of aromatic nitrogens is 1. The lowest BCUT2D eigenvalue weighted by atomic mass is 10.2. The molecule has 1 aliphatic rings. The lowest BCUT2D eigenvalue weighted by Gasteiger charge is -2.21.